The second-order valence-corrected chi connectivity index (χ2v) is 15.0. The molecule has 5 rings (SSSR count). The van der Waals surface area contributed by atoms with E-state index in [1.807, 2.05) is 85.8 Å². The lowest BCUT2D eigenvalue weighted by Crippen LogP contribution is -2.61. The summed E-state index contributed by atoms with van der Waals surface area (Å²) in [6.07, 6.45) is 4.25. The highest BCUT2D eigenvalue weighted by molar-refractivity contribution is 6.27. The van der Waals surface area contributed by atoms with Crippen molar-refractivity contribution in [2.45, 2.75) is 82.6 Å². The lowest BCUT2D eigenvalue weighted by molar-refractivity contribution is -0.150. The molecule has 2 heterocycles. The molecule has 7 amide bonds. The number of benzene rings is 3. The number of primary amides is 1. The number of halogens is 1. The van der Waals surface area contributed by atoms with Gasteiger partial charge in [0.25, 0.3) is 0 Å². The van der Waals surface area contributed by atoms with Gasteiger partial charge in [-0.3, -0.25) is 24.0 Å². The van der Waals surface area contributed by atoms with Crippen LogP contribution >= 0.6 is 11.6 Å². The predicted octanol–water partition coefficient (Wildman–Crippen LogP) is 3.44. The van der Waals surface area contributed by atoms with Crippen molar-refractivity contribution in [1.29, 1.82) is 0 Å². The van der Waals surface area contributed by atoms with E-state index in [-0.39, 0.29) is 44.8 Å². The summed E-state index contributed by atoms with van der Waals surface area (Å²) in [5.74, 6) is -2.68. The average molecular weight is 813 g/mol. The molecule has 1 aromatic heterocycles. The van der Waals surface area contributed by atoms with E-state index in [9.17, 15) is 28.8 Å². The van der Waals surface area contributed by atoms with Gasteiger partial charge in [0.05, 0.1) is 0 Å². The van der Waals surface area contributed by atoms with Crippen LogP contribution in [0.15, 0.2) is 85.1 Å². The van der Waals surface area contributed by atoms with Crippen LogP contribution in [-0.4, -0.2) is 101 Å². The number of nitrogens with zero attached hydrogens (tertiary/aromatic N) is 2. The van der Waals surface area contributed by atoms with E-state index in [2.05, 4.69) is 26.3 Å². The van der Waals surface area contributed by atoms with Gasteiger partial charge >= 0.3 is 6.03 Å². The fourth-order valence-electron chi connectivity index (χ4n) is 7.23. The number of aromatic amines is 1. The highest BCUT2D eigenvalue weighted by Crippen LogP contribution is 2.23. The van der Waals surface area contributed by atoms with E-state index < -0.39 is 59.7 Å². The highest BCUT2D eigenvalue weighted by Gasteiger charge is 2.39. The number of urea groups is 1. The number of likely N-dealkylation sites (N-methyl/N-ethyl adjacent to an activating group) is 1. The van der Waals surface area contributed by atoms with Gasteiger partial charge in [0, 0.05) is 56.6 Å². The molecule has 1 saturated heterocycles. The van der Waals surface area contributed by atoms with Crippen molar-refractivity contribution < 1.29 is 28.8 Å². The number of likely N-dealkylation sites (tertiary alicyclic amines) is 1. The van der Waals surface area contributed by atoms with Crippen LogP contribution < -0.4 is 27.0 Å². The number of amides is 7. The van der Waals surface area contributed by atoms with E-state index in [1.165, 1.54) is 16.8 Å². The van der Waals surface area contributed by atoms with Gasteiger partial charge in [0.15, 0.2) is 0 Å². The van der Waals surface area contributed by atoms with E-state index in [0.717, 1.165) is 33.2 Å². The third-order valence-corrected chi connectivity index (χ3v) is 10.8. The second kappa shape index (κ2) is 21.0. The Hall–Kier alpha value is -5.89. The molecule has 3 unspecified atom stereocenters. The third-order valence-electron chi connectivity index (χ3n) is 10.5. The number of carbonyl (C=O) groups excluding carboxylic acids is 6. The normalized spacial score (nSPS) is 15.4. The van der Waals surface area contributed by atoms with E-state index >= 15 is 0 Å². The largest absolute Gasteiger partial charge is 0.361 e. The van der Waals surface area contributed by atoms with Crippen LogP contribution in [0.2, 0.25) is 0 Å². The molecule has 58 heavy (non-hydrogen) atoms. The van der Waals surface area contributed by atoms with Crippen molar-refractivity contribution in [3.05, 3.63) is 107 Å². The third kappa shape index (κ3) is 11.8. The SMILES string of the molecule is Cc1ccc(CNC(=O)C(CCCNC(N)=O)NC(=O)C(Cc2c[nH]c3ccccc23)NC(=O)[C@@H]2CCCCN2C(=O)C(Cc2ccccc2)N(C)C(=O)CCl)cc1. The molecule has 0 saturated carbocycles. The van der Waals surface area contributed by atoms with E-state index in [0.29, 0.717) is 25.7 Å². The van der Waals surface area contributed by atoms with Gasteiger partial charge in [-0.15, -0.1) is 11.6 Å². The number of rotatable bonds is 18. The number of alkyl halides is 1. The first-order chi connectivity index (χ1) is 27.9. The molecule has 0 spiro atoms. The first-order valence-electron chi connectivity index (χ1n) is 19.6. The fraction of sp³-hybridized carbons (Fsp3) is 0.395. The van der Waals surface area contributed by atoms with E-state index in [1.54, 1.807) is 6.20 Å². The number of hydrogen-bond acceptors (Lipinski definition) is 6. The van der Waals surface area contributed by atoms with Crippen LogP contribution in [0.5, 0.6) is 0 Å². The number of para-hydroxylation sites is 1. The topological polar surface area (TPSA) is 199 Å². The first kappa shape index (κ1) is 43.2. The van der Waals surface area contributed by atoms with Gasteiger partial charge in [0.2, 0.25) is 29.5 Å². The molecule has 3 aromatic carbocycles. The molecule has 15 heteroatoms. The minimum Gasteiger partial charge on any atom is -0.361 e. The molecule has 14 nitrogen and oxygen atoms in total. The van der Waals surface area contributed by atoms with Crippen molar-refractivity contribution in [3.63, 3.8) is 0 Å². The van der Waals surface area contributed by atoms with Gasteiger partial charge in [-0.05, 0) is 61.8 Å². The molecule has 308 valence electrons. The Labute approximate surface area is 343 Å². The number of aryl methyl sites for hydroxylation is 1. The van der Waals surface area contributed by atoms with Crippen molar-refractivity contribution in [2.75, 3.05) is 26.0 Å². The van der Waals surface area contributed by atoms with E-state index in [4.69, 9.17) is 17.3 Å². The smallest absolute Gasteiger partial charge is 0.312 e. The summed E-state index contributed by atoms with van der Waals surface area (Å²) < 4.78 is 0. The van der Waals surface area contributed by atoms with Crippen molar-refractivity contribution in [2.24, 2.45) is 5.73 Å². The number of aromatic nitrogens is 1. The van der Waals surface area contributed by atoms with Gasteiger partial charge in [-0.2, -0.15) is 0 Å². The Morgan fingerprint density at radius 1 is 0.862 bits per heavy atom. The molecular weight excluding hydrogens is 760 g/mol. The zero-order valence-electron chi connectivity index (χ0n) is 33.0. The van der Waals surface area contributed by atoms with Gasteiger partial charge in [0.1, 0.15) is 30.0 Å². The quantitative estimate of drug-likeness (QED) is 0.0657. The molecule has 0 radical (unpaired) electrons. The Balaban J connectivity index is 1.39. The standard InChI is InChI=1S/C43H53ClN8O6/c1-28-17-19-30(20-18-28)26-48-39(54)34(15-10-21-46-43(45)58)49-40(55)35(24-31-27-47-33-14-7-6-13-32(31)33)50-41(56)36-16-8-9-22-52(36)42(57)37(51(2)38(53)25-44)23-29-11-4-3-5-12-29/h3-7,11-14,17-20,27,34-37,47H,8-10,15-16,21-26H2,1-2H3,(H,48,54)(H,49,55)(H,50,56)(H3,45,46,58)/t34?,35?,36-,37?/m0/s1. The summed E-state index contributed by atoms with van der Waals surface area (Å²) in [5, 5.41) is 12.1. The zero-order valence-corrected chi connectivity index (χ0v) is 33.7. The number of hydrogen-bond donors (Lipinski definition) is 6. The average Bonchev–Trinajstić information content (AvgIpc) is 3.65. The minimum atomic E-state index is -1.15. The van der Waals surface area contributed by atoms with Crippen LogP contribution in [0, 0.1) is 6.92 Å². The van der Waals surface area contributed by atoms with Crippen LogP contribution in [0.3, 0.4) is 0 Å². The van der Waals surface area contributed by atoms with Gasteiger partial charge < -0.3 is 41.8 Å². The number of nitrogens with one attached hydrogen (secondary N) is 5. The first-order valence-corrected chi connectivity index (χ1v) is 20.2. The highest BCUT2D eigenvalue weighted by atomic mass is 35.5. The monoisotopic (exact) mass is 812 g/mol. The number of carbonyl (C=O) groups is 6. The number of piperidine rings is 1. The van der Waals surface area contributed by atoms with Crippen LogP contribution in [-0.2, 0) is 43.4 Å². The molecule has 1 fully saturated rings. The second-order valence-electron chi connectivity index (χ2n) is 14.7. The molecule has 0 aliphatic carbocycles. The number of H-pyrrole nitrogens is 1. The molecule has 4 atom stereocenters. The summed E-state index contributed by atoms with van der Waals surface area (Å²) >= 11 is 5.93. The fourth-order valence-corrected chi connectivity index (χ4v) is 7.42. The molecule has 1 aliphatic rings. The van der Waals surface area contributed by atoms with Crippen LogP contribution in [0.4, 0.5) is 4.79 Å². The maximum absolute atomic E-state index is 14.4. The van der Waals surface area contributed by atoms with Crippen LogP contribution in [0.1, 0.15) is 54.4 Å². The minimum absolute atomic E-state index is 0.0762. The molecule has 1 aliphatic heterocycles. The Kier molecular flexibility index (Phi) is 15.7. The summed E-state index contributed by atoms with van der Waals surface area (Å²) in [4.78, 5) is 87.1. The van der Waals surface area contributed by atoms with Gasteiger partial charge in [-0.25, -0.2) is 4.79 Å². The lowest BCUT2D eigenvalue weighted by Gasteiger charge is -2.39. The molecule has 0 bridgehead atoms. The predicted molar refractivity (Wildman–Crippen MR) is 222 cm³/mol. The van der Waals surface area contributed by atoms with Gasteiger partial charge in [-0.1, -0.05) is 78.4 Å². The number of nitrogens with two attached hydrogens (primary N) is 1. The summed E-state index contributed by atoms with van der Waals surface area (Å²) in [5.41, 5.74) is 9.65. The maximum atomic E-state index is 14.4. The number of fused-ring (bicyclic) bond motifs is 1. The Morgan fingerprint density at radius 2 is 1.59 bits per heavy atom. The zero-order chi connectivity index (χ0) is 41.6. The summed E-state index contributed by atoms with van der Waals surface area (Å²) in [6, 6.07) is 19.9. The van der Waals surface area contributed by atoms with Crippen molar-refractivity contribution >= 4 is 58.1 Å². The Morgan fingerprint density at radius 3 is 2.31 bits per heavy atom. The van der Waals surface area contributed by atoms with Crippen molar-refractivity contribution in [1.82, 2.24) is 36.1 Å². The Bertz CT molecular complexity index is 2040. The molecule has 4 aromatic rings. The summed E-state index contributed by atoms with van der Waals surface area (Å²) in [6.45, 7) is 2.66. The summed E-state index contributed by atoms with van der Waals surface area (Å²) in [7, 11) is 1.54. The van der Waals surface area contributed by atoms with Crippen molar-refractivity contribution in [3.8, 4) is 0 Å². The van der Waals surface area contributed by atoms with Crippen LogP contribution in [0.25, 0.3) is 10.9 Å². The lowest BCUT2D eigenvalue weighted by atomic mass is 9.96. The maximum Gasteiger partial charge on any atom is 0.312 e. The molecule has 7 N–H and O–H groups in total. The molecular formula is C43H53ClN8O6.